The van der Waals surface area contributed by atoms with E-state index in [4.69, 9.17) is 26.1 Å². The van der Waals surface area contributed by atoms with Gasteiger partial charge in [0.05, 0.1) is 12.8 Å². The highest BCUT2D eigenvalue weighted by atomic mass is 35.5. The number of hydrogen-bond donors (Lipinski definition) is 1. The minimum absolute atomic E-state index is 0.407. The van der Waals surface area contributed by atoms with Gasteiger partial charge in [-0.2, -0.15) is 0 Å². The molecule has 2 aromatic heterocycles. The maximum Gasteiger partial charge on any atom is 0.217 e. The average Bonchev–Trinajstić information content (AvgIpc) is 3.27. The number of nitrogens with one attached hydrogen (secondary N) is 1. The van der Waals surface area contributed by atoms with Gasteiger partial charge in [-0.05, 0) is 49.7 Å². The maximum absolute atomic E-state index is 6.33. The first-order chi connectivity index (χ1) is 11.8. The first kappa shape index (κ1) is 15.4. The maximum atomic E-state index is 6.33. The van der Waals surface area contributed by atoms with Gasteiger partial charge in [0.2, 0.25) is 5.82 Å². The molecule has 1 fully saturated rings. The van der Waals surface area contributed by atoms with Gasteiger partial charge in [0.1, 0.15) is 5.82 Å². The lowest BCUT2D eigenvalue weighted by Crippen LogP contribution is -2.28. The Morgan fingerprint density at radius 1 is 1.17 bits per heavy atom. The summed E-state index contributed by atoms with van der Waals surface area (Å²) < 4.78 is 7.45. The van der Waals surface area contributed by atoms with Crippen molar-refractivity contribution in [2.75, 3.05) is 13.1 Å². The summed E-state index contributed by atoms with van der Waals surface area (Å²) in [6, 6.07) is 11.6. The number of halogens is 1. The van der Waals surface area contributed by atoms with Crippen LogP contribution in [0.2, 0.25) is 5.02 Å². The summed E-state index contributed by atoms with van der Waals surface area (Å²) in [5.74, 6) is 2.76. The molecule has 6 heteroatoms. The Balaban J connectivity index is 1.71. The fraction of sp³-hybridized carbons (Fsp3) is 0.333. The molecule has 0 unspecified atom stereocenters. The number of hydrogen-bond acceptors (Lipinski definition) is 4. The zero-order valence-electron chi connectivity index (χ0n) is 13.3. The standard InChI is InChI=1S/C18H19ClN4O/c19-15-5-2-1-4-14(15)12-23-18(13-7-9-20-10-8-13)21-17(22-23)16-6-3-11-24-16/h1-6,11,13,20H,7-10,12H2. The van der Waals surface area contributed by atoms with E-state index in [0.717, 1.165) is 42.3 Å². The predicted molar refractivity (Wildman–Crippen MR) is 93.1 cm³/mol. The van der Waals surface area contributed by atoms with Crippen molar-refractivity contribution in [1.29, 1.82) is 0 Å². The first-order valence-corrected chi connectivity index (χ1v) is 8.62. The van der Waals surface area contributed by atoms with Crippen molar-refractivity contribution < 1.29 is 4.42 Å². The lowest BCUT2D eigenvalue weighted by atomic mass is 9.97. The molecule has 5 nitrogen and oxygen atoms in total. The molecular formula is C18H19ClN4O. The molecule has 1 saturated heterocycles. The van der Waals surface area contributed by atoms with Crippen molar-refractivity contribution in [1.82, 2.24) is 20.1 Å². The van der Waals surface area contributed by atoms with Crippen molar-refractivity contribution in [3.63, 3.8) is 0 Å². The number of nitrogens with zero attached hydrogens (tertiary/aromatic N) is 3. The smallest absolute Gasteiger partial charge is 0.217 e. The second-order valence-corrected chi connectivity index (χ2v) is 6.45. The molecule has 124 valence electrons. The third kappa shape index (κ3) is 3.09. The molecule has 0 aliphatic carbocycles. The fourth-order valence-electron chi connectivity index (χ4n) is 3.15. The minimum atomic E-state index is 0.407. The molecule has 0 spiro atoms. The van der Waals surface area contributed by atoms with E-state index in [0.29, 0.717) is 24.0 Å². The lowest BCUT2D eigenvalue weighted by molar-refractivity contribution is 0.427. The predicted octanol–water partition coefficient (Wildman–Crippen LogP) is 3.71. The monoisotopic (exact) mass is 342 g/mol. The van der Waals surface area contributed by atoms with Crippen molar-refractivity contribution in [2.45, 2.75) is 25.3 Å². The summed E-state index contributed by atoms with van der Waals surface area (Å²) >= 11 is 6.33. The number of aromatic nitrogens is 3. The van der Waals surface area contributed by atoms with Gasteiger partial charge in [-0.3, -0.25) is 0 Å². The number of furan rings is 1. The second-order valence-electron chi connectivity index (χ2n) is 6.04. The third-order valence-electron chi connectivity index (χ3n) is 4.42. The fourth-order valence-corrected chi connectivity index (χ4v) is 3.35. The van der Waals surface area contributed by atoms with Crippen LogP contribution in [0.1, 0.15) is 30.1 Å². The van der Waals surface area contributed by atoms with E-state index < -0.39 is 0 Å². The molecule has 1 aromatic carbocycles. The van der Waals surface area contributed by atoms with Gasteiger partial charge < -0.3 is 9.73 Å². The quantitative estimate of drug-likeness (QED) is 0.785. The first-order valence-electron chi connectivity index (χ1n) is 8.24. The average molecular weight is 343 g/mol. The van der Waals surface area contributed by atoms with Gasteiger partial charge in [0.15, 0.2) is 5.76 Å². The number of piperidine rings is 1. The molecule has 1 aliphatic heterocycles. The molecule has 3 heterocycles. The Hall–Kier alpha value is -2.11. The van der Waals surface area contributed by atoms with Crippen LogP contribution in [0, 0.1) is 0 Å². The zero-order valence-corrected chi connectivity index (χ0v) is 14.0. The van der Waals surface area contributed by atoms with Crippen LogP contribution < -0.4 is 5.32 Å². The van der Waals surface area contributed by atoms with Crippen LogP contribution in [0.4, 0.5) is 0 Å². The molecule has 1 N–H and O–H groups in total. The largest absolute Gasteiger partial charge is 0.461 e. The molecule has 0 atom stereocenters. The van der Waals surface area contributed by atoms with E-state index in [1.54, 1.807) is 6.26 Å². The van der Waals surface area contributed by atoms with Crippen molar-refractivity contribution in [2.24, 2.45) is 0 Å². The topological polar surface area (TPSA) is 55.9 Å². The van der Waals surface area contributed by atoms with Crippen LogP contribution in [-0.2, 0) is 6.54 Å². The van der Waals surface area contributed by atoms with Crippen LogP contribution in [-0.4, -0.2) is 27.9 Å². The summed E-state index contributed by atoms with van der Waals surface area (Å²) in [5, 5.41) is 8.85. The van der Waals surface area contributed by atoms with Gasteiger partial charge in [-0.15, -0.1) is 5.10 Å². The SMILES string of the molecule is Clc1ccccc1Cn1nc(-c2ccco2)nc1C1CCNCC1. The highest BCUT2D eigenvalue weighted by Gasteiger charge is 2.23. The summed E-state index contributed by atoms with van der Waals surface area (Å²) in [5.41, 5.74) is 1.05. The van der Waals surface area contributed by atoms with Gasteiger partial charge in [0, 0.05) is 10.9 Å². The Kier molecular flexibility index (Phi) is 4.36. The van der Waals surface area contributed by atoms with Crippen LogP contribution in [0.5, 0.6) is 0 Å². The molecule has 0 radical (unpaired) electrons. The normalized spacial score (nSPS) is 15.7. The van der Waals surface area contributed by atoms with E-state index in [1.165, 1.54) is 0 Å². The van der Waals surface area contributed by atoms with E-state index >= 15 is 0 Å². The van der Waals surface area contributed by atoms with Crippen molar-refractivity contribution >= 4 is 11.6 Å². The molecular weight excluding hydrogens is 324 g/mol. The van der Waals surface area contributed by atoms with Crippen LogP contribution >= 0.6 is 11.6 Å². The van der Waals surface area contributed by atoms with Gasteiger partial charge in [0.25, 0.3) is 0 Å². The highest BCUT2D eigenvalue weighted by Crippen LogP contribution is 2.28. The van der Waals surface area contributed by atoms with Crippen LogP contribution in [0.3, 0.4) is 0 Å². The van der Waals surface area contributed by atoms with Crippen molar-refractivity contribution in [3.8, 4) is 11.6 Å². The molecule has 4 rings (SSSR count). The van der Waals surface area contributed by atoms with Crippen LogP contribution in [0.25, 0.3) is 11.6 Å². The van der Waals surface area contributed by atoms with Gasteiger partial charge in [-0.25, -0.2) is 9.67 Å². The van der Waals surface area contributed by atoms with E-state index in [-0.39, 0.29) is 0 Å². The molecule has 3 aromatic rings. The van der Waals surface area contributed by atoms with E-state index in [9.17, 15) is 0 Å². The number of rotatable bonds is 4. The second kappa shape index (κ2) is 6.79. The molecule has 0 bridgehead atoms. The lowest BCUT2D eigenvalue weighted by Gasteiger charge is -2.22. The van der Waals surface area contributed by atoms with E-state index in [1.807, 2.05) is 41.1 Å². The molecule has 0 amide bonds. The summed E-state index contributed by atoms with van der Waals surface area (Å²) in [6.45, 7) is 2.64. The van der Waals surface area contributed by atoms with Gasteiger partial charge in [-0.1, -0.05) is 29.8 Å². The Morgan fingerprint density at radius 2 is 2.00 bits per heavy atom. The molecule has 0 saturated carbocycles. The third-order valence-corrected chi connectivity index (χ3v) is 4.79. The Bertz CT molecular complexity index is 806. The zero-order chi connectivity index (χ0) is 16.4. The Morgan fingerprint density at radius 3 is 2.75 bits per heavy atom. The summed E-state index contributed by atoms with van der Waals surface area (Å²) in [4.78, 5) is 4.79. The highest BCUT2D eigenvalue weighted by molar-refractivity contribution is 6.31. The van der Waals surface area contributed by atoms with Crippen molar-refractivity contribution in [3.05, 3.63) is 59.1 Å². The Labute approximate surface area is 145 Å². The van der Waals surface area contributed by atoms with Crippen LogP contribution in [0.15, 0.2) is 47.1 Å². The molecule has 24 heavy (non-hydrogen) atoms. The van der Waals surface area contributed by atoms with E-state index in [2.05, 4.69) is 5.32 Å². The minimum Gasteiger partial charge on any atom is -0.461 e. The number of benzene rings is 1. The molecule has 1 aliphatic rings. The summed E-state index contributed by atoms with van der Waals surface area (Å²) in [7, 11) is 0. The summed E-state index contributed by atoms with van der Waals surface area (Å²) in [6.07, 6.45) is 3.78. The van der Waals surface area contributed by atoms with Gasteiger partial charge >= 0.3 is 0 Å².